The van der Waals surface area contributed by atoms with Gasteiger partial charge in [0.25, 0.3) is 0 Å². The lowest BCUT2D eigenvalue weighted by molar-refractivity contribution is -0.123. The summed E-state index contributed by atoms with van der Waals surface area (Å²) in [5.41, 5.74) is 1.16. The molecule has 0 spiro atoms. The summed E-state index contributed by atoms with van der Waals surface area (Å²) in [4.78, 5) is 20.4. The Kier molecular flexibility index (Phi) is 2.79. The summed E-state index contributed by atoms with van der Waals surface area (Å²) >= 11 is 0. The number of carbonyl (C=O) groups is 1. The first-order chi connectivity index (χ1) is 7.97. The van der Waals surface area contributed by atoms with Crippen molar-refractivity contribution >= 4 is 22.8 Å². The molecule has 1 N–H and O–H groups in total. The van der Waals surface area contributed by atoms with E-state index in [1.165, 1.54) is 0 Å². The molecule has 17 heavy (non-hydrogen) atoms. The van der Waals surface area contributed by atoms with Crippen LogP contribution in [0.5, 0.6) is 0 Å². The summed E-state index contributed by atoms with van der Waals surface area (Å²) in [5.74, 6) is 0.422. The maximum atomic E-state index is 11.8. The van der Waals surface area contributed by atoms with Crippen molar-refractivity contribution in [1.82, 2.24) is 9.97 Å². The van der Waals surface area contributed by atoms with Crippen molar-refractivity contribution in [2.75, 3.05) is 5.32 Å². The lowest BCUT2D eigenvalue weighted by Crippen LogP contribution is -2.28. The summed E-state index contributed by atoms with van der Waals surface area (Å²) in [7, 11) is 0. The average Bonchev–Trinajstić information content (AvgIpc) is 2.27. The van der Waals surface area contributed by atoms with Crippen molar-refractivity contribution in [2.45, 2.75) is 20.8 Å². The van der Waals surface area contributed by atoms with Crippen LogP contribution in [0, 0.1) is 5.41 Å². The minimum absolute atomic E-state index is 0.0675. The van der Waals surface area contributed by atoms with E-state index in [4.69, 9.17) is 0 Å². The Morgan fingerprint density at radius 1 is 1.18 bits per heavy atom. The number of benzene rings is 1. The van der Waals surface area contributed by atoms with E-state index in [-0.39, 0.29) is 5.91 Å². The van der Waals surface area contributed by atoms with Crippen molar-refractivity contribution in [3.8, 4) is 0 Å². The molecule has 4 heteroatoms. The number of rotatable bonds is 1. The number of hydrogen-bond acceptors (Lipinski definition) is 3. The van der Waals surface area contributed by atoms with Crippen molar-refractivity contribution in [3.05, 3.63) is 30.5 Å². The largest absolute Gasteiger partial charge is 0.309 e. The predicted molar refractivity (Wildman–Crippen MR) is 67.6 cm³/mol. The second kappa shape index (κ2) is 4.13. The third-order valence-corrected chi connectivity index (χ3v) is 2.37. The summed E-state index contributed by atoms with van der Waals surface area (Å²) in [6, 6.07) is 7.56. The first-order valence-electron chi connectivity index (χ1n) is 5.50. The summed E-state index contributed by atoms with van der Waals surface area (Å²) in [5, 5.41) is 2.76. The molecule has 0 aliphatic rings. The van der Waals surface area contributed by atoms with Crippen LogP contribution < -0.4 is 5.32 Å². The summed E-state index contributed by atoms with van der Waals surface area (Å²) < 4.78 is 0. The van der Waals surface area contributed by atoms with Crippen molar-refractivity contribution in [1.29, 1.82) is 0 Å². The molecular weight excluding hydrogens is 214 g/mol. The summed E-state index contributed by atoms with van der Waals surface area (Å²) in [6.45, 7) is 5.57. The Labute approximate surface area is 100 Å². The molecule has 2 aromatic rings. The molecule has 88 valence electrons. The number of carbonyl (C=O) groups excluding carboxylic acids is 1. The fourth-order valence-corrected chi connectivity index (χ4v) is 1.32. The lowest BCUT2D eigenvalue weighted by atomic mass is 9.96. The zero-order valence-corrected chi connectivity index (χ0v) is 10.2. The van der Waals surface area contributed by atoms with Gasteiger partial charge in [-0.05, 0) is 12.1 Å². The Hall–Kier alpha value is -1.97. The Morgan fingerprint density at radius 3 is 2.47 bits per heavy atom. The SMILES string of the molecule is CC(C)(C)C(=O)Nc1cnc2ccccc2n1. The molecule has 2 rings (SSSR count). The van der Waals surface area contributed by atoms with Gasteiger partial charge in [0, 0.05) is 5.41 Å². The van der Waals surface area contributed by atoms with E-state index in [0.717, 1.165) is 11.0 Å². The minimum atomic E-state index is -0.437. The zero-order chi connectivity index (χ0) is 12.5. The number of aromatic nitrogens is 2. The number of fused-ring (bicyclic) bond motifs is 1. The number of nitrogens with one attached hydrogen (secondary N) is 1. The lowest BCUT2D eigenvalue weighted by Gasteiger charge is -2.16. The highest BCUT2D eigenvalue weighted by molar-refractivity contribution is 5.94. The second-order valence-corrected chi connectivity index (χ2v) is 4.95. The van der Waals surface area contributed by atoms with Crippen LogP contribution in [0.3, 0.4) is 0 Å². The molecular formula is C13H15N3O. The van der Waals surface area contributed by atoms with E-state index in [2.05, 4.69) is 15.3 Å². The van der Waals surface area contributed by atoms with Crippen molar-refractivity contribution in [2.24, 2.45) is 5.41 Å². The molecule has 1 amide bonds. The highest BCUT2D eigenvalue weighted by Gasteiger charge is 2.21. The van der Waals surface area contributed by atoms with Gasteiger partial charge in [0.2, 0.25) is 5.91 Å². The van der Waals surface area contributed by atoms with Crippen LogP contribution in [0.2, 0.25) is 0 Å². The molecule has 0 radical (unpaired) electrons. The minimum Gasteiger partial charge on any atom is -0.309 e. The van der Waals surface area contributed by atoms with Gasteiger partial charge in [-0.25, -0.2) is 4.98 Å². The predicted octanol–water partition coefficient (Wildman–Crippen LogP) is 2.61. The molecule has 0 atom stereocenters. The first-order valence-corrected chi connectivity index (χ1v) is 5.50. The topological polar surface area (TPSA) is 54.9 Å². The van der Waals surface area contributed by atoms with Gasteiger partial charge in [-0.2, -0.15) is 0 Å². The van der Waals surface area contributed by atoms with Gasteiger partial charge in [-0.15, -0.1) is 0 Å². The van der Waals surface area contributed by atoms with Gasteiger partial charge < -0.3 is 5.32 Å². The first kappa shape index (κ1) is 11.5. The second-order valence-electron chi connectivity index (χ2n) is 4.95. The van der Waals surface area contributed by atoms with E-state index >= 15 is 0 Å². The number of hydrogen-bond donors (Lipinski definition) is 1. The smallest absolute Gasteiger partial charge is 0.230 e. The van der Waals surface area contributed by atoms with E-state index in [1.807, 2.05) is 45.0 Å². The van der Waals surface area contributed by atoms with Crippen LogP contribution in [0.4, 0.5) is 5.82 Å². The molecule has 0 aliphatic carbocycles. The molecule has 1 aromatic carbocycles. The summed E-state index contributed by atoms with van der Waals surface area (Å²) in [6.07, 6.45) is 1.58. The maximum Gasteiger partial charge on any atom is 0.230 e. The average molecular weight is 229 g/mol. The molecule has 1 heterocycles. The molecule has 0 fully saturated rings. The highest BCUT2D eigenvalue weighted by atomic mass is 16.2. The Morgan fingerprint density at radius 2 is 1.82 bits per heavy atom. The fraction of sp³-hybridized carbons (Fsp3) is 0.308. The Bertz CT molecular complexity index is 558. The van der Waals surface area contributed by atoms with E-state index < -0.39 is 5.41 Å². The zero-order valence-electron chi connectivity index (χ0n) is 10.2. The van der Waals surface area contributed by atoms with Crippen LogP contribution >= 0.6 is 0 Å². The fourth-order valence-electron chi connectivity index (χ4n) is 1.32. The van der Waals surface area contributed by atoms with E-state index in [1.54, 1.807) is 6.20 Å². The molecule has 0 saturated carbocycles. The van der Waals surface area contributed by atoms with Crippen molar-refractivity contribution in [3.63, 3.8) is 0 Å². The molecule has 0 saturated heterocycles. The highest BCUT2D eigenvalue weighted by Crippen LogP contribution is 2.17. The monoisotopic (exact) mass is 229 g/mol. The Balaban J connectivity index is 2.29. The third kappa shape index (κ3) is 2.58. The number of nitrogens with zero attached hydrogens (tertiary/aromatic N) is 2. The van der Waals surface area contributed by atoms with Crippen LogP contribution in [0.1, 0.15) is 20.8 Å². The quantitative estimate of drug-likeness (QED) is 0.817. The normalized spacial score (nSPS) is 11.5. The molecule has 1 aromatic heterocycles. The van der Waals surface area contributed by atoms with Gasteiger partial charge in [0.15, 0.2) is 5.82 Å². The van der Waals surface area contributed by atoms with Gasteiger partial charge >= 0.3 is 0 Å². The van der Waals surface area contributed by atoms with E-state index in [9.17, 15) is 4.79 Å². The standard InChI is InChI=1S/C13H15N3O/c1-13(2,3)12(17)16-11-8-14-9-6-4-5-7-10(9)15-11/h4-8H,1-3H3,(H,15,16,17). The van der Waals surface area contributed by atoms with Crippen LogP contribution in [0.25, 0.3) is 11.0 Å². The van der Waals surface area contributed by atoms with Crippen LogP contribution in [-0.4, -0.2) is 15.9 Å². The number of para-hydroxylation sites is 2. The van der Waals surface area contributed by atoms with Crippen LogP contribution in [-0.2, 0) is 4.79 Å². The van der Waals surface area contributed by atoms with Crippen molar-refractivity contribution < 1.29 is 4.79 Å². The van der Waals surface area contributed by atoms with Gasteiger partial charge in [0.05, 0.1) is 17.2 Å². The molecule has 0 unspecified atom stereocenters. The molecule has 0 bridgehead atoms. The van der Waals surface area contributed by atoms with Gasteiger partial charge in [0.1, 0.15) is 0 Å². The van der Waals surface area contributed by atoms with E-state index in [0.29, 0.717) is 5.82 Å². The molecule has 0 aliphatic heterocycles. The number of amides is 1. The maximum absolute atomic E-state index is 11.8. The van der Waals surface area contributed by atoms with Crippen LogP contribution in [0.15, 0.2) is 30.5 Å². The third-order valence-electron chi connectivity index (χ3n) is 2.37. The number of anilines is 1. The molecule has 4 nitrogen and oxygen atoms in total. The van der Waals surface area contributed by atoms with Gasteiger partial charge in [-0.3, -0.25) is 9.78 Å². The van der Waals surface area contributed by atoms with Gasteiger partial charge in [-0.1, -0.05) is 32.9 Å².